The lowest BCUT2D eigenvalue weighted by Gasteiger charge is -2.11. The van der Waals surface area contributed by atoms with Gasteiger partial charge in [-0.05, 0) is 33.1 Å². The van der Waals surface area contributed by atoms with Gasteiger partial charge in [-0.1, -0.05) is 44.1 Å². The zero-order chi connectivity index (χ0) is 15.4. The van der Waals surface area contributed by atoms with Crippen molar-refractivity contribution < 1.29 is 9.59 Å². The first kappa shape index (κ1) is 19.9. The van der Waals surface area contributed by atoms with Crippen molar-refractivity contribution >= 4 is 12.2 Å². The van der Waals surface area contributed by atoms with Gasteiger partial charge in [0.25, 0.3) is 0 Å². The SMILES string of the molecule is CC/C(=C\C=C(/C)C(C)C(=O)NC)C(C)C.CC=O. The Bertz CT molecular complexity index is 328. The number of rotatable bonds is 5. The number of carbonyl (C=O) groups is 2. The molecule has 110 valence electrons. The van der Waals surface area contributed by atoms with Gasteiger partial charge in [-0.2, -0.15) is 0 Å². The van der Waals surface area contributed by atoms with E-state index in [2.05, 4.69) is 38.2 Å². The van der Waals surface area contributed by atoms with Crippen LogP contribution >= 0.6 is 0 Å². The molecule has 1 N–H and O–H groups in total. The van der Waals surface area contributed by atoms with E-state index in [0.29, 0.717) is 5.92 Å². The molecule has 0 saturated carbocycles. The van der Waals surface area contributed by atoms with Crippen LogP contribution in [-0.4, -0.2) is 19.2 Å². The largest absolute Gasteiger partial charge is 0.359 e. The molecule has 0 aliphatic carbocycles. The molecule has 0 spiro atoms. The summed E-state index contributed by atoms with van der Waals surface area (Å²) in [6, 6.07) is 0. The van der Waals surface area contributed by atoms with Gasteiger partial charge in [0, 0.05) is 7.05 Å². The third-order valence-corrected chi connectivity index (χ3v) is 3.03. The minimum atomic E-state index is -0.0495. The summed E-state index contributed by atoms with van der Waals surface area (Å²) in [6.45, 7) is 11.9. The second kappa shape index (κ2) is 11.7. The van der Waals surface area contributed by atoms with Crippen molar-refractivity contribution in [2.75, 3.05) is 7.05 Å². The van der Waals surface area contributed by atoms with Crippen LogP contribution in [0.25, 0.3) is 0 Å². The van der Waals surface area contributed by atoms with E-state index in [1.54, 1.807) is 7.05 Å². The van der Waals surface area contributed by atoms with Crippen molar-refractivity contribution in [3.63, 3.8) is 0 Å². The van der Waals surface area contributed by atoms with Gasteiger partial charge in [0.15, 0.2) is 0 Å². The fourth-order valence-electron chi connectivity index (χ4n) is 1.52. The molecule has 1 amide bonds. The van der Waals surface area contributed by atoms with Crippen molar-refractivity contribution in [3.8, 4) is 0 Å². The lowest BCUT2D eigenvalue weighted by molar-refractivity contribution is -0.122. The number of carbonyl (C=O) groups excluding carboxylic acids is 2. The number of nitrogens with one attached hydrogen (secondary N) is 1. The Morgan fingerprint density at radius 3 is 2.00 bits per heavy atom. The monoisotopic (exact) mass is 267 g/mol. The van der Waals surface area contributed by atoms with Gasteiger partial charge in [-0.15, -0.1) is 0 Å². The Labute approximate surface area is 118 Å². The predicted molar refractivity (Wildman–Crippen MR) is 81.9 cm³/mol. The smallest absolute Gasteiger partial charge is 0.226 e. The predicted octanol–water partition coefficient (Wildman–Crippen LogP) is 3.51. The van der Waals surface area contributed by atoms with Crippen molar-refractivity contribution in [3.05, 3.63) is 23.3 Å². The van der Waals surface area contributed by atoms with Crippen molar-refractivity contribution in [2.45, 2.75) is 48.0 Å². The van der Waals surface area contributed by atoms with Crippen LogP contribution in [0.4, 0.5) is 0 Å². The molecule has 0 bridgehead atoms. The van der Waals surface area contributed by atoms with Crippen molar-refractivity contribution in [1.29, 1.82) is 0 Å². The highest BCUT2D eigenvalue weighted by Crippen LogP contribution is 2.16. The van der Waals surface area contributed by atoms with Crippen LogP contribution in [0.2, 0.25) is 0 Å². The summed E-state index contributed by atoms with van der Waals surface area (Å²) >= 11 is 0. The molecule has 0 aromatic rings. The standard InChI is InChI=1S/C14H25NO.C2H4O/c1-7-13(10(2)3)9-8-11(4)12(5)14(16)15-6;1-2-3/h8-10,12H,7H2,1-6H3,(H,15,16);2H,1H3/b11-8+,13-9+;. The average Bonchev–Trinajstić information content (AvgIpc) is 2.37. The van der Waals surface area contributed by atoms with Gasteiger partial charge >= 0.3 is 0 Å². The average molecular weight is 267 g/mol. The molecule has 0 aromatic carbocycles. The first-order valence-electron chi connectivity index (χ1n) is 6.84. The fourth-order valence-corrected chi connectivity index (χ4v) is 1.52. The number of amides is 1. The van der Waals surface area contributed by atoms with Crippen LogP contribution in [0.15, 0.2) is 23.3 Å². The van der Waals surface area contributed by atoms with E-state index in [0.717, 1.165) is 18.3 Å². The molecule has 1 unspecified atom stereocenters. The Balaban J connectivity index is 0. The molecule has 0 saturated heterocycles. The number of hydrogen-bond donors (Lipinski definition) is 1. The third-order valence-electron chi connectivity index (χ3n) is 3.03. The molecule has 3 heteroatoms. The maximum Gasteiger partial charge on any atom is 0.226 e. The van der Waals surface area contributed by atoms with E-state index in [4.69, 9.17) is 4.79 Å². The summed E-state index contributed by atoms with van der Waals surface area (Å²) in [5, 5.41) is 2.67. The molecule has 3 nitrogen and oxygen atoms in total. The van der Waals surface area contributed by atoms with Crippen LogP contribution in [0.3, 0.4) is 0 Å². The van der Waals surface area contributed by atoms with Gasteiger partial charge in [-0.3, -0.25) is 4.79 Å². The van der Waals surface area contributed by atoms with E-state index in [1.807, 2.05) is 13.8 Å². The molecule has 0 heterocycles. The van der Waals surface area contributed by atoms with Gasteiger partial charge in [0.1, 0.15) is 6.29 Å². The minimum Gasteiger partial charge on any atom is -0.359 e. The van der Waals surface area contributed by atoms with Crippen LogP contribution in [-0.2, 0) is 9.59 Å². The molecule has 0 aromatic heterocycles. The van der Waals surface area contributed by atoms with E-state index >= 15 is 0 Å². The lowest BCUT2D eigenvalue weighted by atomic mass is 9.97. The molecule has 0 radical (unpaired) electrons. The topological polar surface area (TPSA) is 46.2 Å². The van der Waals surface area contributed by atoms with E-state index in [9.17, 15) is 4.79 Å². The highest BCUT2D eigenvalue weighted by Gasteiger charge is 2.11. The van der Waals surface area contributed by atoms with Crippen LogP contribution in [0, 0.1) is 11.8 Å². The van der Waals surface area contributed by atoms with E-state index in [-0.39, 0.29) is 11.8 Å². The van der Waals surface area contributed by atoms with Crippen LogP contribution in [0.5, 0.6) is 0 Å². The molecular weight excluding hydrogens is 238 g/mol. The maximum atomic E-state index is 11.4. The van der Waals surface area contributed by atoms with Crippen molar-refractivity contribution in [1.82, 2.24) is 5.32 Å². The molecular formula is C16H29NO2. The number of allylic oxidation sites excluding steroid dienone is 3. The highest BCUT2D eigenvalue weighted by atomic mass is 16.1. The van der Waals surface area contributed by atoms with Gasteiger partial charge < -0.3 is 10.1 Å². The second-order valence-electron chi connectivity index (χ2n) is 4.73. The zero-order valence-corrected chi connectivity index (χ0v) is 13.4. The molecule has 19 heavy (non-hydrogen) atoms. The Morgan fingerprint density at radius 2 is 1.68 bits per heavy atom. The quantitative estimate of drug-likeness (QED) is 0.612. The fraction of sp³-hybridized carbons (Fsp3) is 0.625. The van der Waals surface area contributed by atoms with Crippen LogP contribution in [0.1, 0.15) is 48.0 Å². The molecule has 0 fully saturated rings. The van der Waals surface area contributed by atoms with E-state index in [1.165, 1.54) is 12.5 Å². The van der Waals surface area contributed by atoms with Crippen molar-refractivity contribution in [2.24, 2.45) is 11.8 Å². The number of hydrogen-bond acceptors (Lipinski definition) is 2. The lowest BCUT2D eigenvalue weighted by Crippen LogP contribution is -2.25. The van der Waals surface area contributed by atoms with Gasteiger partial charge in [0.05, 0.1) is 5.92 Å². The maximum absolute atomic E-state index is 11.4. The molecule has 0 rings (SSSR count). The normalized spacial score (nSPS) is 13.5. The molecule has 0 aliphatic rings. The summed E-state index contributed by atoms with van der Waals surface area (Å²) in [4.78, 5) is 20.2. The summed E-state index contributed by atoms with van der Waals surface area (Å²) < 4.78 is 0. The van der Waals surface area contributed by atoms with E-state index < -0.39 is 0 Å². The molecule has 0 aliphatic heterocycles. The molecule has 1 atom stereocenters. The summed E-state index contributed by atoms with van der Waals surface area (Å²) in [5.74, 6) is 0.598. The van der Waals surface area contributed by atoms with Gasteiger partial charge in [-0.25, -0.2) is 0 Å². The summed E-state index contributed by atoms with van der Waals surface area (Å²) in [6.07, 6.45) is 6.04. The zero-order valence-electron chi connectivity index (χ0n) is 13.4. The third kappa shape index (κ3) is 9.23. The Morgan fingerprint density at radius 1 is 1.21 bits per heavy atom. The summed E-state index contributed by atoms with van der Waals surface area (Å²) in [7, 11) is 1.67. The number of aldehydes is 1. The Kier molecular flexibility index (Phi) is 12.3. The first-order valence-corrected chi connectivity index (χ1v) is 6.84. The summed E-state index contributed by atoms with van der Waals surface area (Å²) in [5.41, 5.74) is 2.52. The highest BCUT2D eigenvalue weighted by molar-refractivity contribution is 5.80. The Hall–Kier alpha value is -1.38. The van der Waals surface area contributed by atoms with Crippen LogP contribution < -0.4 is 5.32 Å². The second-order valence-corrected chi connectivity index (χ2v) is 4.73. The minimum absolute atomic E-state index is 0.0495. The first-order chi connectivity index (χ1) is 8.85. The van der Waals surface area contributed by atoms with Gasteiger partial charge in [0.2, 0.25) is 5.91 Å².